The van der Waals surface area contributed by atoms with Gasteiger partial charge >= 0.3 is 5.97 Å². The SMILES string of the molecule is CCCC(O)(CCC)CC(=O)N1CCOCC1C(=O)O. The first-order valence-electron chi connectivity index (χ1n) is 7.26. The van der Waals surface area contributed by atoms with Crippen LogP contribution in [-0.4, -0.2) is 58.4 Å². The highest BCUT2D eigenvalue weighted by Gasteiger charge is 2.36. The lowest BCUT2D eigenvalue weighted by Gasteiger charge is -2.36. The molecule has 1 amide bonds. The van der Waals surface area contributed by atoms with Gasteiger partial charge in [0.05, 0.1) is 25.2 Å². The lowest BCUT2D eigenvalue weighted by molar-refractivity contribution is -0.160. The summed E-state index contributed by atoms with van der Waals surface area (Å²) < 4.78 is 5.11. The molecule has 0 aromatic heterocycles. The Kier molecular flexibility index (Phi) is 6.42. The van der Waals surface area contributed by atoms with Crippen molar-refractivity contribution >= 4 is 11.9 Å². The smallest absolute Gasteiger partial charge is 0.328 e. The Morgan fingerprint density at radius 1 is 1.30 bits per heavy atom. The molecule has 1 heterocycles. The van der Waals surface area contributed by atoms with Crippen LogP contribution in [0.15, 0.2) is 0 Å². The Morgan fingerprint density at radius 2 is 1.90 bits per heavy atom. The summed E-state index contributed by atoms with van der Waals surface area (Å²) >= 11 is 0. The minimum Gasteiger partial charge on any atom is -0.480 e. The average Bonchev–Trinajstić information content (AvgIpc) is 2.38. The third kappa shape index (κ3) is 4.45. The zero-order valence-corrected chi connectivity index (χ0v) is 12.3. The highest BCUT2D eigenvalue weighted by molar-refractivity contribution is 5.84. The van der Waals surface area contributed by atoms with Gasteiger partial charge in [-0.15, -0.1) is 0 Å². The summed E-state index contributed by atoms with van der Waals surface area (Å²) in [6, 6.07) is -0.941. The molecule has 2 N–H and O–H groups in total. The highest BCUT2D eigenvalue weighted by Crippen LogP contribution is 2.25. The van der Waals surface area contributed by atoms with Crippen LogP contribution in [0.2, 0.25) is 0 Å². The number of hydrogen-bond acceptors (Lipinski definition) is 4. The molecule has 1 saturated heterocycles. The van der Waals surface area contributed by atoms with Crippen LogP contribution in [0.1, 0.15) is 46.0 Å². The Labute approximate surface area is 119 Å². The van der Waals surface area contributed by atoms with E-state index in [0.717, 1.165) is 12.8 Å². The van der Waals surface area contributed by atoms with Gasteiger partial charge in [-0.25, -0.2) is 4.79 Å². The lowest BCUT2D eigenvalue weighted by atomic mass is 9.88. The molecule has 1 aliphatic heterocycles. The minimum absolute atomic E-state index is 0.0149. The summed E-state index contributed by atoms with van der Waals surface area (Å²) in [5.41, 5.74) is -1.03. The summed E-state index contributed by atoms with van der Waals surface area (Å²) in [5.74, 6) is -1.36. The van der Waals surface area contributed by atoms with Crippen LogP contribution in [0, 0.1) is 0 Å². The van der Waals surface area contributed by atoms with Crippen LogP contribution in [0.3, 0.4) is 0 Å². The van der Waals surface area contributed by atoms with Gasteiger partial charge in [0.25, 0.3) is 0 Å². The third-order valence-corrected chi connectivity index (χ3v) is 3.64. The van der Waals surface area contributed by atoms with Crippen LogP contribution in [0.25, 0.3) is 0 Å². The summed E-state index contributed by atoms with van der Waals surface area (Å²) in [4.78, 5) is 24.8. The molecule has 1 rings (SSSR count). The third-order valence-electron chi connectivity index (χ3n) is 3.64. The molecule has 6 heteroatoms. The Balaban J connectivity index is 2.73. The number of ether oxygens (including phenoxy) is 1. The number of aliphatic hydroxyl groups is 1. The molecule has 20 heavy (non-hydrogen) atoms. The van der Waals surface area contributed by atoms with Crippen molar-refractivity contribution in [3.05, 3.63) is 0 Å². The van der Waals surface area contributed by atoms with E-state index in [1.165, 1.54) is 4.90 Å². The van der Waals surface area contributed by atoms with E-state index in [1.54, 1.807) is 0 Å². The second kappa shape index (κ2) is 7.59. The van der Waals surface area contributed by atoms with Crippen molar-refractivity contribution < 1.29 is 24.5 Å². The van der Waals surface area contributed by atoms with E-state index < -0.39 is 17.6 Å². The van der Waals surface area contributed by atoms with Gasteiger partial charge in [-0.05, 0) is 12.8 Å². The number of rotatable bonds is 7. The van der Waals surface area contributed by atoms with E-state index in [1.807, 2.05) is 13.8 Å². The maximum Gasteiger partial charge on any atom is 0.328 e. The van der Waals surface area contributed by atoms with E-state index in [2.05, 4.69) is 0 Å². The molecule has 0 saturated carbocycles. The second-order valence-electron chi connectivity index (χ2n) is 5.42. The van der Waals surface area contributed by atoms with Crippen molar-refractivity contribution in [2.45, 2.75) is 57.6 Å². The second-order valence-corrected chi connectivity index (χ2v) is 5.42. The number of carbonyl (C=O) groups excluding carboxylic acids is 1. The number of carbonyl (C=O) groups is 2. The van der Waals surface area contributed by atoms with Crippen LogP contribution < -0.4 is 0 Å². The minimum atomic E-state index is -1.06. The predicted octanol–water partition coefficient (Wildman–Crippen LogP) is 1.02. The molecule has 6 nitrogen and oxygen atoms in total. The van der Waals surface area contributed by atoms with Gasteiger partial charge in [-0.1, -0.05) is 26.7 Å². The summed E-state index contributed by atoms with van der Waals surface area (Å²) in [6.45, 7) is 4.54. The molecule has 0 aromatic rings. The van der Waals surface area contributed by atoms with E-state index in [4.69, 9.17) is 9.84 Å². The average molecular weight is 287 g/mol. The summed E-state index contributed by atoms with van der Waals surface area (Å²) in [7, 11) is 0. The molecule has 0 radical (unpaired) electrons. The van der Waals surface area contributed by atoms with Crippen molar-refractivity contribution in [1.29, 1.82) is 0 Å². The van der Waals surface area contributed by atoms with Crippen molar-refractivity contribution in [1.82, 2.24) is 4.90 Å². The molecule has 0 aromatic carbocycles. The van der Waals surface area contributed by atoms with Gasteiger partial charge < -0.3 is 19.8 Å². The Hall–Kier alpha value is -1.14. The van der Waals surface area contributed by atoms with Gasteiger partial charge in [0.15, 0.2) is 6.04 Å². The Bertz CT molecular complexity index is 338. The zero-order chi connectivity index (χ0) is 15.2. The topological polar surface area (TPSA) is 87.1 Å². The number of morpholine rings is 1. The molecule has 1 fully saturated rings. The quantitative estimate of drug-likeness (QED) is 0.730. The predicted molar refractivity (Wildman–Crippen MR) is 73.3 cm³/mol. The zero-order valence-electron chi connectivity index (χ0n) is 12.3. The summed E-state index contributed by atoms with van der Waals surface area (Å²) in [5, 5.41) is 19.6. The monoisotopic (exact) mass is 287 g/mol. The van der Waals surface area contributed by atoms with Gasteiger partial charge in [0, 0.05) is 6.54 Å². The first kappa shape index (κ1) is 16.9. The highest BCUT2D eigenvalue weighted by atomic mass is 16.5. The lowest BCUT2D eigenvalue weighted by Crippen LogP contribution is -2.54. The van der Waals surface area contributed by atoms with Crippen LogP contribution in [-0.2, 0) is 14.3 Å². The van der Waals surface area contributed by atoms with Gasteiger partial charge in [0.2, 0.25) is 5.91 Å². The molecule has 1 unspecified atom stereocenters. The summed E-state index contributed by atoms with van der Waals surface area (Å²) in [6.07, 6.45) is 2.66. The van der Waals surface area contributed by atoms with Crippen molar-refractivity contribution in [2.75, 3.05) is 19.8 Å². The van der Waals surface area contributed by atoms with Crippen LogP contribution in [0.4, 0.5) is 0 Å². The molecule has 0 spiro atoms. The van der Waals surface area contributed by atoms with Crippen LogP contribution in [0.5, 0.6) is 0 Å². The normalized spacial score (nSPS) is 19.9. The largest absolute Gasteiger partial charge is 0.480 e. The van der Waals surface area contributed by atoms with Crippen LogP contribution >= 0.6 is 0 Å². The van der Waals surface area contributed by atoms with E-state index >= 15 is 0 Å². The fourth-order valence-corrected chi connectivity index (χ4v) is 2.72. The fraction of sp³-hybridized carbons (Fsp3) is 0.857. The van der Waals surface area contributed by atoms with E-state index in [9.17, 15) is 14.7 Å². The van der Waals surface area contributed by atoms with E-state index in [0.29, 0.717) is 19.4 Å². The maximum absolute atomic E-state index is 12.3. The molecule has 1 aliphatic rings. The number of carboxylic acid groups (broad SMARTS) is 1. The van der Waals surface area contributed by atoms with Crippen molar-refractivity contribution in [3.63, 3.8) is 0 Å². The molecule has 1 atom stereocenters. The molecule has 0 bridgehead atoms. The number of carboxylic acids is 1. The number of hydrogen-bond donors (Lipinski definition) is 2. The first-order valence-corrected chi connectivity index (χ1v) is 7.26. The number of aliphatic carboxylic acids is 1. The maximum atomic E-state index is 12.3. The molecular weight excluding hydrogens is 262 g/mol. The molecule has 0 aliphatic carbocycles. The van der Waals surface area contributed by atoms with Crippen molar-refractivity contribution in [2.24, 2.45) is 0 Å². The number of amides is 1. The van der Waals surface area contributed by atoms with Gasteiger partial charge in [-0.3, -0.25) is 4.79 Å². The number of nitrogens with zero attached hydrogens (tertiary/aromatic N) is 1. The van der Waals surface area contributed by atoms with Crippen molar-refractivity contribution in [3.8, 4) is 0 Å². The van der Waals surface area contributed by atoms with E-state index in [-0.39, 0.29) is 25.5 Å². The fourth-order valence-electron chi connectivity index (χ4n) is 2.72. The van der Waals surface area contributed by atoms with Gasteiger partial charge in [-0.2, -0.15) is 0 Å². The first-order chi connectivity index (χ1) is 9.43. The molecular formula is C14H25NO5. The van der Waals surface area contributed by atoms with Gasteiger partial charge in [0.1, 0.15) is 0 Å². The standard InChI is InChI=1S/C14H25NO5/c1-3-5-14(19,6-4-2)9-12(16)15-7-8-20-10-11(15)13(17)18/h11,19H,3-10H2,1-2H3,(H,17,18). The molecule has 116 valence electrons. The Morgan fingerprint density at radius 3 is 2.40 bits per heavy atom.